The molecule has 0 radical (unpaired) electrons. The molecule has 0 bridgehead atoms. The van der Waals surface area contributed by atoms with E-state index in [2.05, 4.69) is 0 Å². The van der Waals surface area contributed by atoms with E-state index >= 15 is 0 Å². The standard InChI is InChI=1S/C25H21N3O7/c1-33-19-11-3-15(4-12-19)22-21-23(35-27(22)17-9-13-20(34-2)14-10-17)25(30)26(24(21)29)16-5-7-18(8-6-16)28(31)32/h3-14,21-23H,1-2H3/t21-,22+,23-/m0/s1. The summed E-state index contributed by atoms with van der Waals surface area (Å²) in [6.45, 7) is 0. The Labute approximate surface area is 200 Å². The molecule has 2 aliphatic heterocycles. The number of ether oxygens (including phenoxy) is 2. The number of nitro benzene ring substituents is 1. The van der Waals surface area contributed by atoms with Crippen LogP contribution in [-0.2, 0) is 14.4 Å². The molecule has 3 atom stereocenters. The average Bonchev–Trinajstić information content (AvgIpc) is 3.40. The van der Waals surface area contributed by atoms with Crippen molar-refractivity contribution in [2.45, 2.75) is 12.1 Å². The molecule has 10 nitrogen and oxygen atoms in total. The fourth-order valence-electron chi connectivity index (χ4n) is 4.49. The third kappa shape index (κ3) is 3.73. The van der Waals surface area contributed by atoms with Crippen LogP contribution in [0.25, 0.3) is 0 Å². The maximum atomic E-state index is 13.6. The number of fused-ring (bicyclic) bond motifs is 1. The lowest BCUT2D eigenvalue weighted by molar-refractivity contribution is -0.384. The molecule has 0 aromatic heterocycles. The van der Waals surface area contributed by atoms with E-state index in [-0.39, 0.29) is 11.4 Å². The van der Waals surface area contributed by atoms with Crippen LogP contribution in [0.4, 0.5) is 17.1 Å². The highest BCUT2D eigenvalue weighted by Crippen LogP contribution is 2.48. The number of rotatable bonds is 6. The Hall–Kier alpha value is -4.44. The van der Waals surface area contributed by atoms with Crippen LogP contribution in [0.1, 0.15) is 11.6 Å². The first-order valence-electron chi connectivity index (χ1n) is 10.8. The van der Waals surface area contributed by atoms with Crippen molar-refractivity contribution in [1.29, 1.82) is 0 Å². The van der Waals surface area contributed by atoms with Gasteiger partial charge in [-0.3, -0.25) is 24.5 Å². The number of benzene rings is 3. The molecule has 2 aliphatic rings. The van der Waals surface area contributed by atoms with E-state index in [1.165, 1.54) is 24.3 Å². The molecule has 0 unspecified atom stereocenters. The number of anilines is 2. The quantitative estimate of drug-likeness (QED) is 0.302. The van der Waals surface area contributed by atoms with Gasteiger partial charge in [0.1, 0.15) is 17.4 Å². The predicted octanol–water partition coefficient (Wildman–Crippen LogP) is 3.66. The highest BCUT2D eigenvalue weighted by Gasteiger charge is 2.60. The molecule has 2 amide bonds. The first-order chi connectivity index (χ1) is 16.9. The van der Waals surface area contributed by atoms with E-state index in [1.807, 2.05) is 12.1 Å². The van der Waals surface area contributed by atoms with Gasteiger partial charge in [-0.2, -0.15) is 0 Å². The number of carbonyl (C=O) groups excluding carboxylic acids is 2. The number of nitro groups is 1. The second kappa shape index (κ2) is 8.73. The van der Waals surface area contributed by atoms with Gasteiger partial charge in [0.25, 0.3) is 11.6 Å². The Kier molecular flexibility index (Phi) is 5.58. The second-order valence-corrected chi connectivity index (χ2v) is 8.08. The van der Waals surface area contributed by atoms with Gasteiger partial charge in [-0.1, -0.05) is 12.1 Å². The fraction of sp³-hybridized carbons (Fsp3) is 0.200. The van der Waals surface area contributed by atoms with Crippen LogP contribution in [0.3, 0.4) is 0 Å². The first kappa shape index (κ1) is 22.4. The van der Waals surface area contributed by atoms with Crippen LogP contribution in [0, 0.1) is 16.0 Å². The summed E-state index contributed by atoms with van der Waals surface area (Å²) in [6.07, 6.45) is -1.05. The van der Waals surface area contributed by atoms with Crippen molar-refractivity contribution in [3.05, 3.63) is 88.5 Å². The van der Waals surface area contributed by atoms with Crippen LogP contribution in [0.15, 0.2) is 72.8 Å². The third-order valence-electron chi connectivity index (χ3n) is 6.22. The van der Waals surface area contributed by atoms with Gasteiger partial charge in [-0.15, -0.1) is 0 Å². The van der Waals surface area contributed by atoms with Crippen molar-refractivity contribution in [2.75, 3.05) is 24.2 Å². The van der Waals surface area contributed by atoms with E-state index < -0.39 is 34.8 Å². The van der Waals surface area contributed by atoms with E-state index in [0.29, 0.717) is 17.2 Å². The minimum Gasteiger partial charge on any atom is -0.497 e. The normalized spacial score (nSPS) is 21.3. The summed E-state index contributed by atoms with van der Waals surface area (Å²) >= 11 is 0. The Morgan fingerprint density at radius 1 is 0.800 bits per heavy atom. The molecular formula is C25H21N3O7. The Bertz CT molecular complexity index is 1280. The molecule has 2 heterocycles. The number of methoxy groups -OCH3 is 2. The fourth-order valence-corrected chi connectivity index (χ4v) is 4.49. The van der Waals surface area contributed by atoms with Gasteiger partial charge in [-0.25, -0.2) is 9.96 Å². The lowest BCUT2D eigenvalue weighted by atomic mass is 9.90. The zero-order chi connectivity index (χ0) is 24.7. The Morgan fingerprint density at radius 2 is 1.34 bits per heavy atom. The minimum absolute atomic E-state index is 0.133. The molecule has 3 aromatic carbocycles. The second-order valence-electron chi connectivity index (χ2n) is 8.08. The number of nitrogens with zero attached hydrogens (tertiary/aromatic N) is 3. The first-order valence-corrected chi connectivity index (χ1v) is 10.8. The summed E-state index contributed by atoms with van der Waals surface area (Å²) in [7, 11) is 3.13. The van der Waals surface area contributed by atoms with Crippen molar-refractivity contribution >= 4 is 28.9 Å². The smallest absolute Gasteiger partial charge is 0.269 e. The number of imide groups is 1. The highest BCUT2D eigenvalue weighted by atomic mass is 16.7. The lowest BCUT2D eigenvalue weighted by Gasteiger charge is -2.29. The molecule has 35 heavy (non-hydrogen) atoms. The molecule has 10 heteroatoms. The van der Waals surface area contributed by atoms with E-state index in [4.69, 9.17) is 14.3 Å². The molecule has 0 spiro atoms. The van der Waals surface area contributed by atoms with E-state index in [9.17, 15) is 19.7 Å². The average molecular weight is 475 g/mol. The number of hydrogen-bond donors (Lipinski definition) is 0. The summed E-state index contributed by atoms with van der Waals surface area (Å²) in [5.41, 5.74) is 1.54. The van der Waals surface area contributed by atoms with Crippen molar-refractivity contribution in [3.8, 4) is 11.5 Å². The summed E-state index contributed by atoms with van der Waals surface area (Å²) < 4.78 is 10.5. The minimum atomic E-state index is -1.05. The highest BCUT2D eigenvalue weighted by molar-refractivity contribution is 6.24. The van der Waals surface area contributed by atoms with Gasteiger partial charge in [0, 0.05) is 12.1 Å². The number of carbonyl (C=O) groups is 2. The van der Waals surface area contributed by atoms with Gasteiger partial charge >= 0.3 is 0 Å². The van der Waals surface area contributed by atoms with E-state index in [0.717, 1.165) is 10.5 Å². The maximum absolute atomic E-state index is 13.6. The van der Waals surface area contributed by atoms with Crippen molar-refractivity contribution in [1.82, 2.24) is 0 Å². The number of hydroxylamine groups is 1. The summed E-state index contributed by atoms with van der Waals surface area (Å²) in [5, 5.41) is 12.6. The van der Waals surface area contributed by atoms with Crippen molar-refractivity contribution in [2.24, 2.45) is 5.92 Å². The van der Waals surface area contributed by atoms with Gasteiger partial charge in [0.2, 0.25) is 5.91 Å². The lowest BCUT2D eigenvalue weighted by Crippen LogP contribution is -2.37. The van der Waals surface area contributed by atoms with Crippen molar-refractivity contribution < 1.29 is 28.8 Å². The maximum Gasteiger partial charge on any atom is 0.269 e. The molecule has 2 fully saturated rings. The molecule has 0 aliphatic carbocycles. The molecule has 178 valence electrons. The van der Waals surface area contributed by atoms with Gasteiger partial charge < -0.3 is 9.47 Å². The van der Waals surface area contributed by atoms with Crippen LogP contribution in [0.5, 0.6) is 11.5 Å². The Morgan fingerprint density at radius 3 is 1.89 bits per heavy atom. The van der Waals surface area contributed by atoms with Crippen LogP contribution in [0.2, 0.25) is 0 Å². The third-order valence-corrected chi connectivity index (χ3v) is 6.22. The summed E-state index contributed by atoms with van der Waals surface area (Å²) in [4.78, 5) is 44.6. The molecular weight excluding hydrogens is 454 g/mol. The summed E-state index contributed by atoms with van der Waals surface area (Å²) in [5.74, 6) is -0.477. The van der Waals surface area contributed by atoms with Crippen molar-refractivity contribution in [3.63, 3.8) is 0 Å². The number of hydrogen-bond acceptors (Lipinski definition) is 8. The van der Waals surface area contributed by atoms with Gasteiger partial charge in [-0.05, 0) is 54.1 Å². The monoisotopic (exact) mass is 475 g/mol. The van der Waals surface area contributed by atoms with Crippen LogP contribution >= 0.6 is 0 Å². The van der Waals surface area contributed by atoms with Crippen LogP contribution < -0.4 is 19.4 Å². The van der Waals surface area contributed by atoms with E-state index in [1.54, 1.807) is 55.7 Å². The number of non-ortho nitro benzene ring substituents is 1. The predicted molar refractivity (Wildman–Crippen MR) is 125 cm³/mol. The molecule has 0 N–H and O–H groups in total. The largest absolute Gasteiger partial charge is 0.497 e. The SMILES string of the molecule is COc1ccc([C@@H]2[C@@H]3C(=O)N(c4ccc([N+](=O)[O-])cc4)C(=O)[C@H]3ON2c2ccc(OC)cc2)cc1. The zero-order valence-electron chi connectivity index (χ0n) is 18.9. The molecule has 5 rings (SSSR count). The van der Waals surface area contributed by atoms with Crippen LogP contribution in [-0.4, -0.2) is 37.1 Å². The Balaban J connectivity index is 1.54. The zero-order valence-corrected chi connectivity index (χ0v) is 18.9. The molecule has 0 saturated carbocycles. The van der Waals surface area contributed by atoms with Gasteiger partial charge in [0.05, 0.1) is 36.6 Å². The number of amides is 2. The molecule has 3 aromatic rings. The topological polar surface area (TPSA) is 111 Å². The summed E-state index contributed by atoms with van der Waals surface area (Å²) in [6, 6.07) is 19.0. The van der Waals surface area contributed by atoms with Gasteiger partial charge in [0.15, 0.2) is 6.10 Å². The molecule has 2 saturated heterocycles.